The van der Waals surface area contributed by atoms with E-state index in [-0.39, 0.29) is 30.3 Å². The van der Waals surface area contributed by atoms with Crippen LogP contribution in [0.2, 0.25) is 0 Å². The van der Waals surface area contributed by atoms with E-state index in [0.717, 1.165) is 23.3 Å². The molecule has 2 rings (SSSR count). The first-order chi connectivity index (χ1) is 14.6. The predicted molar refractivity (Wildman–Crippen MR) is 120 cm³/mol. The zero-order valence-corrected chi connectivity index (χ0v) is 19.8. The molecule has 0 aromatic heterocycles. The molecule has 1 fully saturated rings. The van der Waals surface area contributed by atoms with Gasteiger partial charge in [0.15, 0.2) is 0 Å². The van der Waals surface area contributed by atoms with E-state index >= 15 is 0 Å². The Morgan fingerprint density at radius 2 is 1.94 bits per heavy atom. The number of aryl methyl sites for hydroxylation is 1. The Kier molecular flexibility index (Phi) is 9.31. The molecular formula is C22H35N3O5S. The second-order valence-electron chi connectivity index (χ2n) is 8.34. The van der Waals surface area contributed by atoms with E-state index < -0.39 is 10.0 Å². The number of ether oxygens (including phenoxy) is 1. The highest BCUT2D eigenvalue weighted by molar-refractivity contribution is 7.89. The predicted octanol–water partition coefficient (Wildman–Crippen LogP) is 3.12. The molecule has 2 N–H and O–H groups in total. The van der Waals surface area contributed by atoms with Crippen molar-refractivity contribution in [1.82, 2.24) is 14.9 Å². The van der Waals surface area contributed by atoms with E-state index in [1.807, 2.05) is 32.0 Å². The number of hydrogen-bond donors (Lipinski definition) is 2. The van der Waals surface area contributed by atoms with Crippen LogP contribution in [-0.4, -0.2) is 50.7 Å². The first-order valence-electron chi connectivity index (χ1n) is 10.9. The largest absolute Gasteiger partial charge is 0.493 e. The summed E-state index contributed by atoms with van der Waals surface area (Å²) in [6.45, 7) is 9.20. The number of amides is 3. The summed E-state index contributed by atoms with van der Waals surface area (Å²) in [4.78, 5) is 24.1. The van der Waals surface area contributed by atoms with Crippen LogP contribution < -0.4 is 14.8 Å². The Labute approximate surface area is 185 Å². The lowest BCUT2D eigenvalue weighted by Crippen LogP contribution is -2.30. The number of nitrogens with one attached hydrogen (secondary N) is 2. The molecule has 1 aliphatic rings. The Balaban J connectivity index is 1.81. The van der Waals surface area contributed by atoms with Crippen molar-refractivity contribution in [3.05, 3.63) is 29.3 Å². The van der Waals surface area contributed by atoms with Crippen LogP contribution in [0, 0.1) is 12.8 Å². The summed E-state index contributed by atoms with van der Waals surface area (Å²) in [5.41, 5.74) is 1.90. The maximum absolute atomic E-state index is 12.5. The molecule has 0 aliphatic carbocycles. The molecule has 1 aromatic carbocycles. The smallest absolute Gasteiger partial charge is 0.324 e. The first kappa shape index (κ1) is 25.1. The van der Waals surface area contributed by atoms with E-state index in [1.165, 1.54) is 4.90 Å². The summed E-state index contributed by atoms with van der Waals surface area (Å²) >= 11 is 0. The molecule has 1 aliphatic heterocycles. The van der Waals surface area contributed by atoms with Crippen LogP contribution in [0.25, 0.3) is 0 Å². The monoisotopic (exact) mass is 453 g/mol. The van der Waals surface area contributed by atoms with E-state index in [0.29, 0.717) is 38.3 Å². The summed E-state index contributed by atoms with van der Waals surface area (Å²) in [5, 5.41) is 2.23. The highest BCUT2D eigenvalue weighted by Crippen LogP contribution is 2.24. The summed E-state index contributed by atoms with van der Waals surface area (Å²) in [5.74, 6) is 0.930. The molecule has 2 atom stereocenters. The van der Waals surface area contributed by atoms with Crippen molar-refractivity contribution >= 4 is 22.0 Å². The fourth-order valence-corrected chi connectivity index (χ4v) is 4.73. The van der Waals surface area contributed by atoms with Gasteiger partial charge in [-0.3, -0.25) is 10.1 Å². The zero-order valence-electron chi connectivity index (χ0n) is 18.9. The van der Waals surface area contributed by atoms with Crippen molar-refractivity contribution < 1.29 is 22.7 Å². The fraction of sp³-hybridized carbons (Fsp3) is 0.636. The average molecular weight is 454 g/mol. The molecule has 0 spiro atoms. The van der Waals surface area contributed by atoms with Crippen LogP contribution in [0.5, 0.6) is 5.75 Å². The third-order valence-electron chi connectivity index (χ3n) is 5.51. The molecule has 0 radical (unpaired) electrons. The van der Waals surface area contributed by atoms with Crippen molar-refractivity contribution in [2.24, 2.45) is 5.92 Å². The standard InChI is InChI=1S/C22H35N3O5S/c1-5-16(2)15-30-19-10-9-17(3)20(13-19)18(4)24-31(28,29)12-8-6-7-11-25-14-21(26)23-22(25)27/h9-10,13,16,18,24H,5-8,11-12,14-15H2,1-4H3,(H,23,26,27)/t16?,18-/m0/s1. The maximum Gasteiger partial charge on any atom is 0.324 e. The third kappa shape index (κ3) is 8.14. The number of rotatable bonds is 13. The second kappa shape index (κ2) is 11.5. The van der Waals surface area contributed by atoms with E-state index in [9.17, 15) is 18.0 Å². The van der Waals surface area contributed by atoms with Gasteiger partial charge in [0, 0.05) is 12.6 Å². The van der Waals surface area contributed by atoms with Crippen LogP contribution in [0.15, 0.2) is 18.2 Å². The van der Waals surface area contributed by atoms with Crippen LogP contribution >= 0.6 is 0 Å². The first-order valence-corrected chi connectivity index (χ1v) is 12.6. The van der Waals surface area contributed by atoms with Crippen LogP contribution in [0.4, 0.5) is 4.79 Å². The average Bonchev–Trinajstić information content (AvgIpc) is 3.03. The number of carbonyl (C=O) groups excluding carboxylic acids is 2. The molecule has 0 saturated carbocycles. The number of imide groups is 1. The van der Waals surface area contributed by atoms with Gasteiger partial charge in [-0.1, -0.05) is 32.8 Å². The molecule has 8 nitrogen and oxygen atoms in total. The van der Waals surface area contributed by atoms with Crippen molar-refractivity contribution in [3.63, 3.8) is 0 Å². The zero-order chi connectivity index (χ0) is 23.0. The highest BCUT2D eigenvalue weighted by atomic mass is 32.2. The van der Waals surface area contributed by atoms with Gasteiger partial charge in [-0.2, -0.15) is 0 Å². The Morgan fingerprint density at radius 1 is 1.19 bits per heavy atom. The lowest BCUT2D eigenvalue weighted by Gasteiger charge is -2.19. The molecule has 3 amide bonds. The van der Waals surface area contributed by atoms with E-state index in [4.69, 9.17) is 4.74 Å². The van der Waals surface area contributed by atoms with Crippen molar-refractivity contribution in [3.8, 4) is 5.75 Å². The molecule has 0 bridgehead atoms. The van der Waals surface area contributed by atoms with Crippen LogP contribution in [0.3, 0.4) is 0 Å². The molecule has 9 heteroatoms. The number of urea groups is 1. The van der Waals surface area contributed by atoms with Crippen LogP contribution in [-0.2, 0) is 14.8 Å². The minimum atomic E-state index is -3.45. The third-order valence-corrected chi connectivity index (χ3v) is 7.05. The quantitative estimate of drug-likeness (QED) is 0.353. The van der Waals surface area contributed by atoms with Gasteiger partial charge in [-0.25, -0.2) is 17.9 Å². The molecular weight excluding hydrogens is 418 g/mol. The Morgan fingerprint density at radius 3 is 2.58 bits per heavy atom. The fourth-order valence-electron chi connectivity index (χ4n) is 3.36. The molecule has 1 aromatic rings. The number of benzene rings is 1. The molecule has 31 heavy (non-hydrogen) atoms. The highest BCUT2D eigenvalue weighted by Gasteiger charge is 2.25. The van der Waals surface area contributed by atoms with E-state index in [2.05, 4.69) is 23.9 Å². The number of hydrogen-bond acceptors (Lipinski definition) is 5. The van der Waals surface area contributed by atoms with Gasteiger partial charge >= 0.3 is 6.03 Å². The lowest BCUT2D eigenvalue weighted by molar-refractivity contribution is -0.118. The van der Waals surface area contributed by atoms with Gasteiger partial charge in [0.25, 0.3) is 0 Å². The van der Waals surface area contributed by atoms with Crippen molar-refractivity contribution in [2.45, 2.75) is 59.4 Å². The summed E-state index contributed by atoms with van der Waals surface area (Å²) < 4.78 is 33.6. The van der Waals surface area contributed by atoms with Crippen molar-refractivity contribution in [1.29, 1.82) is 0 Å². The summed E-state index contributed by atoms with van der Waals surface area (Å²) in [6, 6.07) is 5.03. The van der Waals surface area contributed by atoms with Crippen molar-refractivity contribution in [2.75, 3.05) is 25.4 Å². The normalized spacial score (nSPS) is 16.3. The van der Waals surface area contributed by atoms with Gasteiger partial charge in [-0.15, -0.1) is 0 Å². The number of sulfonamides is 1. The van der Waals surface area contributed by atoms with Gasteiger partial charge in [0.05, 0.1) is 12.4 Å². The molecule has 1 saturated heterocycles. The minimum Gasteiger partial charge on any atom is -0.493 e. The van der Waals surface area contributed by atoms with E-state index in [1.54, 1.807) is 0 Å². The molecule has 1 heterocycles. The lowest BCUT2D eigenvalue weighted by atomic mass is 10.0. The maximum atomic E-state index is 12.5. The number of unbranched alkanes of at least 4 members (excludes halogenated alkanes) is 2. The Hall–Kier alpha value is -2.13. The molecule has 174 valence electrons. The van der Waals surface area contributed by atoms with Crippen LogP contribution in [0.1, 0.15) is 63.6 Å². The SMILES string of the molecule is CCC(C)COc1ccc(C)c([C@H](C)NS(=O)(=O)CCCCCN2CC(=O)NC2=O)c1. The number of nitrogens with zero attached hydrogens (tertiary/aromatic N) is 1. The molecule has 1 unspecified atom stereocenters. The Bertz CT molecular complexity index is 872. The summed E-state index contributed by atoms with van der Waals surface area (Å²) in [7, 11) is -3.45. The second-order valence-corrected chi connectivity index (χ2v) is 10.2. The van der Waals surface area contributed by atoms with Gasteiger partial charge < -0.3 is 9.64 Å². The topological polar surface area (TPSA) is 105 Å². The van der Waals surface area contributed by atoms with Gasteiger partial charge in [0.2, 0.25) is 15.9 Å². The van der Waals surface area contributed by atoms with Gasteiger partial charge in [0.1, 0.15) is 12.3 Å². The number of carbonyl (C=O) groups is 2. The summed E-state index contributed by atoms with van der Waals surface area (Å²) in [6.07, 6.45) is 2.84. The minimum absolute atomic E-state index is 0.0196. The van der Waals surface area contributed by atoms with Gasteiger partial charge in [-0.05, 0) is 55.9 Å².